The predicted octanol–water partition coefficient (Wildman–Crippen LogP) is 1.14. The van der Waals surface area contributed by atoms with E-state index in [0.717, 1.165) is 25.8 Å². The molecular weight excluding hydrogens is 204 g/mol. The number of esters is 1. The van der Waals surface area contributed by atoms with Gasteiger partial charge in [-0.1, -0.05) is 6.42 Å². The molecule has 4 nitrogen and oxygen atoms in total. The van der Waals surface area contributed by atoms with Gasteiger partial charge in [0.15, 0.2) is 0 Å². The Hall–Kier alpha value is -0.610. The summed E-state index contributed by atoms with van der Waals surface area (Å²) in [4.78, 5) is 14.1. The summed E-state index contributed by atoms with van der Waals surface area (Å²) >= 11 is 0. The minimum Gasteiger partial charge on any atom is -0.465 e. The Morgan fingerprint density at radius 2 is 2.31 bits per heavy atom. The van der Waals surface area contributed by atoms with Gasteiger partial charge in [-0.2, -0.15) is 0 Å². The van der Waals surface area contributed by atoms with Crippen molar-refractivity contribution < 1.29 is 9.53 Å². The maximum absolute atomic E-state index is 11.8. The van der Waals surface area contributed by atoms with E-state index in [2.05, 4.69) is 11.8 Å². The molecule has 16 heavy (non-hydrogen) atoms. The molecule has 0 aromatic rings. The molecule has 0 aromatic carbocycles. The van der Waals surface area contributed by atoms with E-state index < -0.39 is 0 Å². The van der Waals surface area contributed by atoms with Crippen LogP contribution in [0, 0.1) is 0 Å². The summed E-state index contributed by atoms with van der Waals surface area (Å²) in [6.45, 7) is 6.13. The number of likely N-dealkylation sites (tertiary alicyclic amines) is 1. The molecule has 1 aliphatic rings. The zero-order chi connectivity index (χ0) is 12.0. The molecule has 2 unspecified atom stereocenters. The Kier molecular flexibility index (Phi) is 5.77. The van der Waals surface area contributed by atoms with Gasteiger partial charge in [-0.05, 0) is 46.2 Å². The van der Waals surface area contributed by atoms with Crippen LogP contribution in [0.25, 0.3) is 0 Å². The van der Waals surface area contributed by atoms with E-state index >= 15 is 0 Å². The number of hydrogen-bond acceptors (Lipinski definition) is 4. The average Bonchev–Trinajstić information content (AvgIpc) is 2.30. The summed E-state index contributed by atoms with van der Waals surface area (Å²) in [7, 11) is 0. The lowest BCUT2D eigenvalue weighted by Crippen LogP contribution is -2.50. The summed E-state index contributed by atoms with van der Waals surface area (Å²) in [6.07, 6.45) is 4.16. The van der Waals surface area contributed by atoms with Crippen molar-refractivity contribution in [3.05, 3.63) is 0 Å². The first-order valence-electron chi connectivity index (χ1n) is 6.33. The Labute approximate surface area is 98.1 Å². The highest BCUT2D eigenvalue weighted by Gasteiger charge is 2.32. The first-order chi connectivity index (χ1) is 7.70. The molecule has 1 aliphatic heterocycles. The van der Waals surface area contributed by atoms with Crippen LogP contribution in [-0.4, -0.2) is 42.6 Å². The Bertz CT molecular complexity index is 221. The first kappa shape index (κ1) is 13.5. The highest BCUT2D eigenvalue weighted by atomic mass is 16.5. The van der Waals surface area contributed by atoms with E-state index in [0.29, 0.717) is 19.2 Å². The zero-order valence-corrected chi connectivity index (χ0v) is 10.4. The molecule has 2 N–H and O–H groups in total. The fourth-order valence-corrected chi connectivity index (χ4v) is 2.38. The fourth-order valence-electron chi connectivity index (χ4n) is 2.38. The van der Waals surface area contributed by atoms with E-state index in [1.54, 1.807) is 0 Å². The maximum atomic E-state index is 11.8. The summed E-state index contributed by atoms with van der Waals surface area (Å²) in [6, 6.07) is 0.329. The number of nitrogens with zero attached hydrogens (tertiary/aromatic N) is 1. The third kappa shape index (κ3) is 3.46. The molecule has 1 rings (SSSR count). The molecular formula is C12H24N2O2. The Balaban J connectivity index is 2.59. The number of rotatable bonds is 5. The Morgan fingerprint density at radius 3 is 2.94 bits per heavy atom. The van der Waals surface area contributed by atoms with Gasteiger partial charge in [-0.15, -0.1) is 0 Å². The van der Waals surface area contributed by atoms with Crippen LogP contribution in [0.15, 0.2) is 0 Å². The molecule has 1 fully saturated rings. The molecule has 1 saturated heterocycles. The quantitative estimate of drug-likeness (QED) is 0.717. The van der Waals surface area contributed by atoms with Crippen LogP contribution >= 0.6 is 0 Å². The van der Waals surface area contributed by atoms with Crippen LogP contribution in [-0.2, 0) is 9.53 Å². The molecule has 0 saturated carbocycles. The standard InChI is InChI=1S/C12H24N2O2/c1-3-16-12(15)11-6-4-5-9-14(11)10(2)7-8-13/h10-11H,3-9,13H2,1-2H3. The lowest BCUT2D eigenvalue weighted by atomic mass is 9.99. The zero-order valence-electron chi connectivity index (χ0n) is 10.4. The van der Waals surface area contributed by atoms with Gasteiger partial charge in [0.25, 0.3) is 0 Å². The number of piperidine rings is 1. The third-order valence-electron chi connectivity index (χ3n) is 3.25. The van der Waals surface area contributed by atoms with Gasteiger partial charge in [0.2, 0.25) is 0 Å². The van der Waals surface area contributed by atoms with Gasteiger partial charge in [0, 0.05) is 6.04 Å². The second-order valence-electron chi connectivity index (χ2n) is 4.43. The second kappa shape index (κ2) is 6.86. The number of ether oxygens (including phenoxy) is 1. The lowest BCUT2D eigenvalue weighted by Gasteiger charge is -2.38. The molecule has 0 aliphatic carbocycles. The number of carbonyl (C=O) groups is 1. The third-order valence-corrected chi connectivity index (χ3v) is 3.25. The van der Waals surface area contributed by atoms with Crippen LogP contribution in [0.2, 0.25) is 0 Å². The summed E-state index contributed by atoms with van der Waals surface area (Å²) in [5.74, 6) is -0.0638. The van der Waals surface area contributed by atoms with Crippen LogP contribution in [0.5, 0.6) is 0 Å². The normalized spacial score (nSPS) is 24.1. The summed E-state index contributed by atoms with van der Waals surface area (Å²) in [5, 5.41) is 0. The largest absolute Gasteiger partial charge is 0.465 e. The van der Waals surface area contributed by atoms with E-state index in [9.17, 15) is 4.79 Å². The highest BCUT2D eigenvalue weighted by Crippen LogP contribution is 2.21. The first-order valence-corrected chi connectivity index (χ1v) is 6.33. The van der Waals surface area contributed by atoms with Crippen LogP contribution in [0.1, 0.15) is 39.5 Å². The maximum Gasteiger partial charge on any atom is 0.323 e. The molecule has 0 aromatic heterocycles. The van der Waals surface area contributed by atoms with E-state index in [4.69, 9.17) is 10.5 Å². The monoisotopic (exact) mass is 228 g/mol. The van der Waals surface area contributed by atoms with Crippen molar-refractivity contribution in [2.75, 3.05) is 19.7 Å². The summed E-state index contributed by atoms with van der Waals surface area (Å²) < 4.78 is 5.13. The van der Waals surface area contributed by atoms with E-state index in [-0.39, 0.29) is 12.0 Å². The molecule has 2 atom stereocenters. The number of nitrogens with two attached hydrogens (primary N) is 1. The van der Waals surface area contributed by atoms with Gasteiger partial charge < -0.3 is 10.5 Å². The minimum atomic E-state index is -0.0638. The van der Waals surface area contributed by atoms with Gasteiger partial charge in [0.1, 0.15) is 6.04 Å². The molecule has 1 heterocycles. The smallest absolute Gasteiger partial charge is 0.323 e. The van der Waals surface area contributed by atoms with Crippen LogP contribution < -0.4 is 5.73 Å². The topological polar surface area (TPSA) is 55.6 Å². The number of hydrogen-bond donors (Lipinski definition) is 1. The molecule has 0 amide bonds. The van der Waals surface area contributed by atoms with Gasteiger partial charge in [-0.25, -0.2) is 0 Å². The van der Waals surface area contributed by atoms with Crippen molar-refractivity contribution in [1.29, 1.82) is 0 Å². The molecule has 0 spiro atoms. The van der Waals surface area contributed by atoms with Crippen molar-refractivity contribution in [1.82, 2.24) is 4.90 Å². The predicted molar refractivity (Wildman–Crippen MR) is 64.1 cm³/mol. The minimum absolute atomic E-state index is 0.0461. The molecule has 0 bridgehead atoms. The van der Waals surface area contributed by atoms with Crippen molar-refractivity contribution in [3.8, 4) is 0 Å². The fraction of sp³-hybridized carbons (Fsp3) is 0.917. The van der Waals surface area contributed by atoms with Gasteiger partial charge in [-0.3, -0.25) is 9.69 Å². The van der Waals surface area contributed by atoms with Crippen molar-refractivity contribution in [2.45, 2.75) is 51.6 Å². The van der Waals surface area contributed by atoms with Gasteiger partial charge >= 0.3 is 5.97 Å². The molecule has 0 radical (unpaired) electrons. The van der Waals surface area contributed by atoms with Crippen molar-refractivity contribution >= 4 is 5.97 Å². The van der Waals surface area contributed by atoms with Crippen LogP contribution in [0.4, 0.5) is 0 Å². The van der Waals surface area contributed by atoms with E-state index in [1.165, 1.54) is 6.42 Å². The summed E-state index contributed by atoms with van der Waals surface area (Å²) in [5.41, 5.74) is 5.57. The lowest BCUT2D eigenvalue weighted by molar-refractivity contribution is -0.152. The van der Waals surface area contributed by atoms with Gasteiger partial charge in [0.05, 0.1) is 6.61 Å². The number of carbonyl (C=O) groups excluding carboxylic acids is 1. The highest BCUT2D eigenvalue weighted by molar-refractivity contribution is 5.75. The SMILES string of the molecule is CCOC(=O)C1CCCCN1C(C)CCN. The molecule has 4 heteroatoms. The van der Waals surface area contributed by atoms with Crippen molar-refractivity contribution in [3.63, 3.8) is 0 Å². The molecule has 94 valence electrons. The van der Waals surface area contributed by atoms with Crippen LogP contribution in [0.3, 0.4) is 0 Å². The average molecular weight is 228 g/mol. The van der Waals surface area contributed by atoms with E-state index in [1.807, 2.05) is 6.92 Å². The van der Waals surface area contributed by atoms with Crippen molar-refractivity contribution in [2.24, 2.45) is 5.73 Å². The Morgan fingerprint density at radius 1 is 1.56 bits per heavy atom. The second-order valence-corrected chi connectivity index (χ2v) is 4.43.